The number of hydrogen-bond donors (Lipinski definition) is 0. The van der Waals surface area contributed by atoms with E-state index in [1.54, 1.807) is 51.5 Å². The second-order valence-corrected chi connectivity index (χ2v) is 10.6. The van der Waals surface area contributed by atoms with Gasteiger partial charge in [-0.2, -0.15) is 0 Å². The molecule has 3 aromatic rings. The van der Waals surface area contributed by atoms with Gasteiger partial charge in [0.25, 0.3) is 5.91 Å². The number of amides is 2. The molecule has 0 spiro atoms. The maximum absolute atomic E-state index is 14.0. The first kappa shape index (κ1) is 24.3. The van der Waals surface area contributed by atoms with Gasteiger partial charge in [0, 0.05) is 42.6 Å². The van der Waals surface area contributed by atoms with Crippen LogP contribution in [0.15, 0.2) is 53.9 Å². The summed E-state index contributed by atoms with van der Waals surface area (Å²) in [5.74, 6) is -0.426. The van der Waals surface area contributed by atoms with E-state index in [9.17, 15) is 14.0 Å². The quantitative estimate of drug-likeness (QED) is 0.468. The van der Waals surface area contributed by atoms with Gasteiger partial charge in [0.2, 0.25) is 5.91 Å². The lowest BCUT2D eigenvalue weighted by Crippen LogP contribution is -2.53. The Morgan fingerprint density at radius 2 is 1.74 bits per heavy atom. The summed E-state index contributed by atoms with van der Waals surface area (Å²) >= 11 is 13.9. The van der Waals surface area contributed by atoms with Gasteiger partial charge in [-0.25, -0.2) is 4.39 Å². The minimum Gasteiger partial charge on any atom is -0.338 e. The second-order valence-electron chi connectivity index (χ2n) is 8.77. The summed E-state index contributed by atoms with van der Waals surface area (Å²) in [6.45, 7) is 2.76. The summed E-state index contributed by atoms with van der Waals surface area (Å²) in [4.78, 5) is 33.1. The maximum Gasteiger partial charge on any atom is 0.255 e. The van der Waals surface area contributed by atoms with Crippen LogP contribution in [0.3, 0.4) is 0 Å². The molecule has 2 aromatic carbocycles. The first-order valence-corrected chi connectivity index (χ1v) is 13.1. The highest BCUT2D eigenvalue weighted by Crippen LogP contribution is 2.37. The summed E-state index contributed by atoms with van der Waals surface area (Å²) in [7, 11) is 0. The Hall–Kier alpha value is -2.45. The van der Waals surface area contributed by atoms with Gasteiger partial charge >= 0.3 is 0 Å². The smallest absolute Gasteiger partial charge is 0.255 e. The molecule has 1 fully saturated rings. The van der Waals surface area contributed by atoms with Crippen molar-refractivity contribution >= 4 is 46.4 Å². The summed E-state index contributed by atoms with van der Waals surface area (Å²) < 4.78 is 14.0. The topological polar surface area (TPSA) is 43.9 Å². The number of fused-ring (bicyclic) bond motifs is 1. The molecule has 35 heavy (non-hydrogen) atoms. The van der Waals surface area contributed by atoms with Crippen molar-refractivity contribution in [2.24, 2.45) is 0 Å². The average Bonchev–Trinajstić information content (AvgIpc) is 3.32. The van der Waals surface area contributed by atoms with Gasteiger partial charge in [-0.15, -0.1) is 11.3 Å². The van der Waals surface area contributed by atoms with Gasteiger partial charge in [-0.1, -0.05) is 35.3 Å². The molecule has 9 heteroatoms. The fourth-order valence-corrected chi connectivity index (χ4v) is 6.26. The number of carbonyl (C=O) groups is 2. The SMILES string of the molecule is O=C(CN1CCc2sccc2[C@@H]1c1cccc(F)c1)N1CCN(C(=O)c2ccc(Cl)cc2Cl)CC1. The number of carbonyl (C=O) groups excluding carboxylic acids is 2. The summed E-state index contributed by atoms with van der Waals surface area (Å²) in [6.07, 6.45) is 0.871. The highest BCUT2D eigenvalue weighted by Gasteiger charge is 2.33. The Kier molecular flexibility index (Phi) is 7.12. The number of piperazine rings is 1. The molecule has 0 aliphatic carbocycles. The van der Waals surface area contributed by atoms with Crippen LogP contribution in [-0.4, -0.2) is 65.8 Å². The van der Waals surface area contributed by atoms with Crippen LogP contribution in [0.4, 0.5) is 4.39 Å². The zero-order valence-corrected chi connectivity index (χ0v) is 21.3. The number of hydrogen-bond acceptors (Lipinski definition) is 4. The normalized spacial score (nSPS) is 18.4. The number of halogens is 3. The lowest BCUT2D eigenvalue weighted by Gasteiger charge is -2.39. The molecule has 5 rings (SSSR count). The number of thiophene rings is 1. The van der Waals surface area contributed by atoms with Gasteiger partial charge in [0.15, 0.2) is 0 Å². The molecule has 1 aromatic heterocycles. The molecule has 3 heterocycles. The lowest BCUT2D eigenvalue weighted by atomic mass is 9.93. The molecule has 1 saturated heterocycles. The van der Waals surface area contributed by atoms with Gasteiger partial charge in [0.05, 0.1) is 23.2 Å². The fourth-order valence-electron chi connectivity index (χ4n) is 4.87. The van der Waals surface area contributed by atoms with Crippen LogP contribution in [0.25, 0.3) is 0 Å². The maximum atomic E-state index is 14.0. The first-order valence-electron chi connectivity index (χ1n) is 11.5. The van der Waals surface area contributed by atoms with Crippen LogP contribution < -0.4 is 0 Å². The largest absolute Gasteiger partial charge is 0.338 e. The molecule has 0 unspecified atom stereocenters. The Balaban J connectivity index is 1.25. The minimum absolute atomic E-state index is 0.0155. The molecule has 2 aliphatic rings. The van der Waals surface area contributed by atoms with E-state index in [0.29, 0.717) is 41.8 Å². The Morgan fingerprint density at radius 1 is 0.971 bits per heavy atom. The molecule has 0 saturated carbocycles. The van der Waals surface area contributed by atoms with Crippen molar-refractivity contribution in [3.8, 4) is 0 Å². The van der Waals surface area contributed by atoms with E-state index in [1.807, 2.05) is 6.07 Å². The molecule has 0 N–H and O–H groups in total. The predicted octanol–water partition coefficient (Wildman–Crippen LogP) is 5.13. The number of nitrogens with zero attached hydrogens (tertiary/aromatic N) is 3. The van der Waals surface area contributed by atoms with Gasteiger partial charge in [0.1, 0.15) is 5.82 Å². The zero-order chi connectivity index (χ0) is 24.5. The lowest BCUT2D eigenvalue weighted by molar-refractivity contribution is -0.134. The highest BCUT2D eigenvalue weighted by molar-refractivity contribution is 7.10. The highest BCUT2D eigenvalue weighted by atomic mass is 35.5. The molecule has 2 aliphatic heterocycles. The van der Waals surface area contributed by atoms with E-state index in [-0.39, 0.29) is 30.2 Å². The standard InChI is InChI=1S/C26H24Cl2FN3O2S/c27-18-4-5-20(22(28)15-18)26(34)31-11-9-30(10-12-31)24(33)16-32-8-6-23-21(7-13-35-23)25(32)17-2-1-3-19(29)14-17/h1-5,7,13-15,25H,6,8-12,16H2/t25-/m0/s1. The third-order valence-corrected chi connectivity index (χ3v) is 8.19. The van der Waals surface area contributed by atoms with Crippen LogP contribution in [0.1, 0.15) is 32.4 Å². The second kappa shape index (κ2) is 10.3. The molecule has 2 amide bonds. The van der Waals surface area contributed by atoms with Gasteiger partial charge in [-0.3, -0.25) is 14.5 Å². The van der Waals surface area contributed by atoms with E-state index in [1.165, 1.54) is 10.9 Å². The van der Waals surface area contributed by atoms with E-state index in [0.717, 1.165) is 24.1 Å². The predicted molar refractivity (Wildman–Crippen MR) is 137 cm³/mol. The number of benzene rings is 2. The van der Waals surface area contributed by atoms with Gasteiger partial charge < -0.3 is 9.80 Å². The molecule has 182 valence electrons. The van der Waals surface area contributed by atoms with Crippen molar-refractivity contribution in [2.75, 3.05) is 39.3 Å². The van der Waals surface area contributed by atoms with Crippen molar-refractivity contribution in [2.45, 2.75) is 12.5 Å². The third-order valence-electron chi connectivity index (χ3n) is 6.65. The van der Waals surface area contributed by atoms with E-state index >= 15 is 0 Å². The monoisotopic (exact) mass is 531 g/mol. The summed E-state index contributed by atoms with van der Waals surface area (Å²) in [5.41, 5.74) is 2.41. The van der Waals surface area contributed by atoms with Crippen molar-refractivity contribution in [3.05, 3.63) is 91.3 Å². The Labute approximate surface area is 217 Å². The summed E-state index contributed by atoms with van der Waals surface area (Å²) in [6, 6.07) is 13.4. The van der Waals surface area contributed by atoms with Crippen LogP contribution in [-0.2, 0) is 11.2 Å². The van der Waals surface area contributed by atoms with Crippen LogP contribution >= 0.6 is 34.5 Å². The third kappa shape index (κ3) is 5.09. The summed E-state index contributed by atoms with van der Waals surface area (Å²) in [5, 5.41) is 2.86. The molecule has 5 nitrogen and oxygen atoms in total. The molecule has 1 atom stereocenters. The van der Waals surface area contributed by atoms with E-state index < -0.39 is 0 Å². The Morgan fingerprint density at radius 3 is 2.49 bits per heavy atom. The van der Waals surface area contributed by atoms with Crippen LogP contribution in [0, 0.1) is 5.82 Å². The van der Waals surface area contributed by atoms with Crippen LogP contribution in [0.2, 0.25) is 10.0 Å². The number of rotatable bonds is 4. The van der Waals surface area contributed by atoms with Crippen molar-refractivity contribution < 1.29 is 14.0 Å². The van der Waals surface area contributed by atoms with E-state index in [4.69, 9.17) is 23.2 Å². The van der Waals surface area contributed by atoms with Crippen molar-refractivity contribution in [3.63, 3.8) is 0 Å². The zero-order valence-electron chi connectivity index (χ0n) is 18.9. The van der Waals surface area contributed by atoms with Crippen LogP contribution in [0.5, 0.6) is 0 Å². The average molecular weight is 532 g/mol. The van der Waals surface area contributed by atoms with Gasteiger partial charge in [-0.05, 0) is 59.3 Å². The molecular formula is C26H24Cl2FN3O2S. The van der Waals surface area contributed by atoms with Crippen molar-refractivity contribution in [1.29, 1.82) is 0 Å². The minimum atomic E-state index is -0.280. The van der Waals surface area contributed by atoms with Crippen molar-refractivity contribution in [1.82, 2.24) is 14.7 Å². The fraction of sp³-hybridized carbons (Fsp3) is 0.308. The van der Waals surface area contributed by atoms with E-state index in [2.05, 4.69) is 16.3 Å². The first-order chi connectivity index (χ1) is 16.9. The molecule has 0 radical (unpaired) electrons. The molecular weight excluding hydrogens is 508 g/mol. The Bertz CT molecular complexity index is 1260. The molecule has 0 bridgehead atoms.